The predicted molar refractivity (Wildman–Crippen MR) is 78.6 cm³/mol. The summed E-state index contributed by atoms with van der Waals surface area (Å²) in [7, 11) is 0. The fourth-order valence-electron chi connectivity index (χ4n) is 2.43. The number of nitrogens with two attached hydrogens (primary N) is 1. The Morgan fingerprint density at radius 2 is 2.22 bits per heavy atom. The van der Waals surface area contributed by atoms with E-state index in [0.717, 1.165) is 0 Å². The molecule has 0 bridgehead atoms. The molecule has 1 aliphatic rings. The van der Waals surface area contributed by atoms with Crippen molar-refractivity contribution in [3.8, 4) is 0 Å². The second kappa shape index (κ2) is 6.28. The van der Waals surface area contributed by atoms with Crippen LogP contribution >= 0.6 is 11.8 Å². The van der Waals surface area contributed by atoms with Crippen LogP contribution in [0.5, 0.6) is 0 Å². The lowest BCUT2D eigenvalue weighted by Gasteiger charge is -2.16. The van der Waals surface area contributed by atoms with Crippen LogP contribution in [0.15, 0.2) is 17.7 Å². The van der Waals surface area contributed by atoms with Gasteiger partial charge < -0.3 is 25.4 Å². The third-order valence-corrected chi connectivity index (χ3v) is 4.21. The first-order valence-corrected chi connectivity index (χ1v) is 7.90. The van der Waals surface area contributed by atoms with Gasteiger partial charge in [0.1, 0.15) is 41.8 Å². The first kappa shape index (κ1) is 15.9. The zero-order chi connectivity index (χ0) is 16.6. The molecule has 1 aliphatic heterocycles. The molecule has 2 aromatic heterocycles. The minimum absolute atomic E-state index is 0.262. The van der Waals surface area contributed by atoms with E-state index < -0.39 is 30.6 Å². The molecule has 0 spiro atoms. The molecule has 4 N–H and O–H groups in total. The van der Waals surface area contributed by atoms with E-state index in [0.29, 0.717) is 16.2 Å². The molecule has 1 fully saturated rings. The number of carbonyl (C=O) groups is 1. The van der Waals surface area contributed by atoms with Gasteiger partial charge in [-0.1, -0.05) is 0 Å². The van der Waals surface area contributed by atoms with Crippen molar-refractivity contribution in [2.24, 2.45) is 5.73 Å². The number of hydrogen-bond acceptors (Lipinski definition) is 9. The second-order valence-electron chi connectivity index (χ2n) is 4.88. The van der Waals surface area contributed by atoms with Crippen LogP contribution in [0.2, 0.25) is 0 Å². The number of hydrogen-bond donors (Lipinski definition) is 3. The van der Waals surface area contributed by atoms with Crippen LogP contribution in [0.1, 0.15) is 6.23 Å². The monoisotopic (exact) mass is 341 g/mol. The summed E-state index contributed by atoms with van der Waals surface area (Å²) in [5, 5.41) is 20.9. The van der Waals surface area contributed by atoms with E-state index in [-0.39, 0.29) is 6.61 Å². The van der Waals surface area contributed by atoms with Gasteiger partial charge in [0.2, 0.25) is 0 Å². The van der Waals surface area contributed by atoms with Crippen molar-refractivity contribution in [2.75, 3.05) is 12.9 Å². The fraction of sp³-hybridized carbons (Fsp3) is 0.500. The van der Waals surface area contributed by atoms with Gasteiger partial charge in [0, 0.05) is 0 Å². The summed E-state index contributed by atoms with van der Waals surface area (Å²) >= 11 is 1.42. The maximum atomic E-state index is 10.7. The first-order valence-electron chi connectivity index (χ1n) is 6.68. The SMILES string of the molecule is CSc1ncnc2c1ncn2C1OC(COC(N)=O)C(O)C1O. The summed E-state index contributed by atoms with van der Waals surface area (Å²) in [6.45, 7) is -0.262. The molecular formula is C12H15N5O5S. The van der Waals surface area contributed by atoms with Gasteiger partial charge in [-0.3, -0.25) is 4.57 Å². The summed E-state index contributed by atoms with van der Waals surface area (Å²) in [5.41, 5.74) is 5.93. The molecule has 10 nitrogen and oxygen atoms in total. The van der Waals surface area contributed by atoms with Gasteiger partial charge in [0.15, 0.2) is 11.9 Å². The lowest BCUT2D eigenvalue weighted by Crippen LogP contribution is -2.35. The zero-order valence-electron chi connectivity index (χ0n) is 12.1. The Bertz CT molecular complexity index is 725. The lowest BCUT2D eigenvalue weighted by atomic mass is 10.1. The highest BCUT2D eigenvalue weighted by Gasteiger charge is 2.44. The summed E-state index contributed by atoms with van der Waals surface area (Å²) in [5.74, 6) is 0. The maximum Gasteiger partial charge on any atom is 0.404 e. The Hall–Kier alpha value is -1.95. The highest BCUT2D eigenvalue weighted by molar-refractivity contribution is 7.98. The molecule has 0 saturated carbocycles. The maximum absolute atomic E-state index is 10.7. The standard InChI is InChI=1S/C12H15N5O5S/c1-23-10-6-9(14-3-15-10)17(4-16-6)11-8(19)7(18)5(22-11)2-21-12(13)20/h3-5,7-8,11,18-19H,2H2,1H3,(H2,13,20). The van der Waals surface area contributed by atoms with Crippen molar-refractivity contribution in [3.63, 3.8) is 0 Å². The molecule has 3 heterocycles. The molecule has 0 aromatic carbocycles. The number of amides is 1. The van der Waals surface area contributed by atoms with E-state index in [9.17, 15) is 15.0 Å². The van der Waals surface area contributed by atoms with Crippen LogP contribution in [0.25, 0.3) is 11.2 Å². The number of ether oxygens (including phenoxy) is 2. The van der Waals surface area contributed by atoms with Crippen molar-refractivity contribution < 1.29 is 24.5 Å². The van der Waals surface area contributed by atoms with E-state index in [1.165, 1.54) is 29.0 Å². The molecule has 2 aromatic rings. The fourth-order valence-corrected chi connectivity index (χ4v) is 2.92. The average Bonchev–Trinajstić information content (AvgIpc) is 3.08. The molecule has 1 amide bonds. The minimum atomic E-state index is -1.24. The number of aromatic nitrogens is 4. The van der Waals surface area contributed by atoms with Crippen molar-refractivity contribution >= 4 is 29.0 Å². The second-order valence-corrected chi connectivity index (χ2v) is 5.68. The van der Waals surface area contributed by atoms with Gasteiger partial charge in [-0.25, -0.2) is 19.7 Å². The summed E-state index contributed by atoms with van der Waals surface area (Å²) < 4.78 is 11.7. The van der Waals surface area contributed by atoms with E-state index in [1.54, 1.807) is 0 Å². The number of thioether (sulfide) groups is 1. The molecule has 4 unspecified atom stereocenters. The molecule has 23 heavy (non-hydrogen) atoms. The molecule has 0 radical (unpaired) electrons. The molecule has 4 atom stereocenters. The molecule has 11 heteroatoms. The number of imidazole rings is 1. The van der Waals surface area contributed by atoms with Crippen LogP contribution in [-0.4, -0.2) is 67.0 Å². The van der Waals surface area contributed by atoms with Crippen molar-refractivity contribution in [1.82, 2.24) is 19.5 Å². The normalized spacial score (nSPS) is 27.4. The quantitative estimate of drug-likeness (QED) is 0.483. The van der Waals surface area contributed by atoms with Crippen LogP contribution in [0.4, 0.5) is 4.79 Å². The highest BCUT2D eigenvalue weighted by atomic mass is 32.2. The lowest BCUT2D eigenvalue weighted by molar-refractivity contribution is -0.0526. The molecule has 0 aliphatic carbocycles. The van der Waals surface area contributed by atoms with Gasteiger partial charge in [-0.05, 0) is 6.26 Å². The topological polar surface area (TPSA) is 146 Å². The minimum Gasteiger partial charge on any atom is -0.447 e. The number of primary amides is 1. The van der Waals surface area contributed by atoms with E-state index >= 15 is 0 Å². The van der Waals surface area contributed by atoms with Crippen molar-refractivity contribution in [2.45, 2.75) is 29.6 Å². The number of carbonyl (C=O) groups excluding carboxylic acids is 1. The smallest absolute Gasteiger partial charge is 0.404 e. The van der Waals surface area contributed by atoms with Gasteiger partial charge in [0.25, 0.3) is 0 Å². The number of aliphatic hydroxyl groups is 2. The van der Waals surface area contributed by atoms with E-state index in [2.05, 4.69) is 19.7 Å². The number of rotatable bonds is 4. The number of nitrogens with zero attached hydrogens (tertiary/aromatic N) is 4. The average molecular weight is 341 g/mol. The molecule has 1 saturated heterocycles. The van der Waals surface area contributed by atoms with Gasteiger partial charge in [-0.15, -0.1) is 11.8 Å². The summed E-state index contributed by atoms with van der Waals surface area (Å²) in [6.07, 6.45) is -0.565. The largest absolute Gasteiger partial charge is 0.447 e. The zero-order valence-corrected chi connectivity index (χ0v) is 12.9. The van der Waals surface area contributed by atoms with Crippen LogP contribution in [0.3, 0.4) is 0 Å². The highest BCUT2D eigenvalue weighted by Crippen LogP contribution is 2.32. The van der Waals surface area contributed by atoms with Crippen molar-refractivity contribution in [3.05, 3.63) is 12.7 Å². The van der Waals surface area contributed by atoms with E-state index in [4.69, 9.17) is 10.5 Å². The Morgan fingerprint density at radius 1 is 1.43 bits per heavy atom. The van der Waals surface area contributed by atoms with Gasteiger partial charge in [-0.2, -0.15) is 0 Å². The Labute approximate surface area is 134 Å². The van der Waals surface area contributed by atoms with Gasteiger partial charge >= 0.3 is 6.09 Å². The Balaban J connectivity index is 1.88. The molecule has 124 valence electrons. The first-order chi connectivity index (χ1) is 11.0. The Kier molecular flexibility index (Phi) is 4.35. The molecule has 3 rings (SSSR count). The third kappa shape index (κ3) is 2.83. The number of fused-ring (bicyclic) bond motifs is 1. The van der Waals surface area contributed by atoms with Crippen molar-refractivity contribution in [1.29, 1.82) is 0 Å². The van der Waals surface area contributed by atoms with Gasteiger partial charge in [0.05, 0.1) is 6.33 Å². The number of aliphatic hydroxyl groups excluding tert-OH is 2. The van der Waals surface area contributed by atoms with Crippen LogP contribution in [0, 0.1) is 0 Å². The summed E-state index contributed by atoms with van der Waals surface area (Å²) in [4.78, 5) is 23.2. The predicted octanol–water partition coefficient (Wildman–Crippen LogP) is -0.737. The third-order valence-electron chi connectivity index (χ3n) is 3.52. The van der Waals surface area contributed by atoms with Crippen LogP contribution in [-0.2, 0) is 9.47 Å². The van der Waals surface area contributed by atoms with Crippen LogP contribution < -0.4 is 5.73 Å². The molecular weight excluding hydrogens is 326 g/mol. The summed E-state index contributed by atoms with van der Waals surface area (Å²) in [6, 6.07) is 0. The van der Waals surface area contributed by atoms with E-state index in [1.807, 2.05) is 6.26 Å². The Morgan fingerprint density at radius 3 is 2.91 bits per heavy atom.